The molecule has 0 radical (unpaired) electrons. The fourth-order valence-corrected chi connectivity index (χ4v) is 4.84. The Morgan fingerprint density at radius 3 is 2.79 bits per heavy atom. The van der Waals surface area contributed by atoms with Crippen LogP contribution in [0.2, 0.25) is 0 Å². The van der Waals surface area contributed by atoms with Crippen molar-refractivity contribution in [3.05, 3.63) is 53.7 Å². The van der Waals surface area contributed by atoms with E-state index in [1.165, 1.54) is 23.2 Å². The number of rotatable bonds is 2. The minimum absolute atomic E-state index is 0.115. The van der Waals surface area contributed by atoms with Crippen LogP contribution in [0.5, 0.6) is 0 Å². The summed E-state index contributed by atoms with van der Waals surface area (Å²) in [5, 5.41) is 22.7. The summed E-state index contributed by atoms with van der Waals surface area (Å²) in [4.78, 5) is 47.1. The van der Waals surface area contributed by atoms with Crippen molar-refractivity contribution in [3.63, 3.8) is 0 Å². The van der Waals surface area contributed by atoms with Gasteiger partial charge in [0.2, 0.25) is 5.91 Å². The van der Waals surface area contributed by atoms with Gasteiger partial charge in [0.15, 0.2) is 0 Å². The maximum atomic E-state index is 14.7. The van der Waals surface area contributed by atoms with Crippen molar-refractivity contribution < 1.29 is 33.7 Å². The number of aromatic nitrogens is 2. The Balaban J connectivity index is 1.86. The van der Waals surface area contributed by atoms with Crippen molar-refractivity contribution in [2.75, 3.05) is 19.7 Å². The van der Waals surface area contributed by atoms with Gasteiger partial charge in [-0.15, -0.1) is 0 Å². The predicted molar refractivity (Wildman–Crippen MR) is 142 cm³/mol. The number of cyclic esters (lactones) is 1. The molecule has 3 rings (SSSR count). The van der Waals surface area contributed by atoms with Crippen LogP contribution in [0, 0.1) is 11.8 Å². The summed E-state index contributed by atoms with van der Waals surface area (Å²) in [6, 6.07) is -0.815. The van der Waals surface area contributed by atoms with E-state index >= 15 is 0 Å². The van der Waals surface area contributed by atoms with E-state index in [9.17, 15) is 29.0 Å². The molecule has 1 fully saturated rings. The number of hydrogen-bond acceptors (Lipinski definition) is 7. The monoisotopic (exact) mass is 546 g/mol. The van der Waals surface area contributed by atoms with Crippen LogP contribution in [0.15, 0.2) is 42.2 Å². The van der Waals surface area contributed by atoms with Gasteiger partial charge in [0.25, 0.3) is 5.91 Å². The zero-order valence-corrected chi connectivity index (χ0v) is 22.7. The number of imidazole rings is 1. The summed E-state index contributed by atoms with van der Waals surface area (Å²) in [6.45, 7) is 5.65. The minimum atomic E-state index is -1.41. The zero-order chi connectivity index (χ0) is 28.5. The molecule has 1 aromatic heterocycles. The summed E-state index contributed by atoms with van der Waals surface area (Å²) in [5.41, 5.74) is 0.847. The normalized spacial score (nSPS) is 31.8. The first-order valence-electron chi connectivity index (χ1n) is 13.4. The van der Waals surface area contributed by atoms with Gasteiger partial charge in [-0.25, -0.2) is 14.2 Å². The predicted octanol–water partition coefficient (Wildman–Crippen LogP) is 2.01. The lowest BCUT2D eigenvalue weighted by Gasteiger charge is -2.30. The van der Waals surface area contributed by atoms with Crippen molar-refractivity contribution in [2.45, 2.75) is 70.9 Å². The molecule has 3 heterocycles. The summed E-state index contributed by atoms with van der Waals surface area (Å²) >= 11 is 0. The van der Waals surface area contributed by atoms with Crippen molar-refractivity contribution in [2.24, 2.45) is 11.8 Å². The number of nitrogens with one attached hydrogen (secondary N) is 2. The number of nitrogens with zero attached hydrogens (tertiary/aromatic N) is 2. The number of aliphatic hydroxyl groups is 2. The van der Waals surface area contributed by atoms with Crippen LogP contribution in [0.25, 0.3) is 0 Å². The molecular formula is C28H39FN4O6. The van der Waals surface area contributed by atoms with Crippen LogP contribution >= 0.6 is 0 Å². The number of hydrogen-bond donors (Lipinski definition) is 4. The third-order valence-corrected chi connectivity index (χ3v) is 6.96. The van der Waals surface area contributed by atoms with E-state index < -0.39 is 42.2 Å². The van der Waals surface area contributed by atoms with Crippen LogP contribution in [-0.2, 0) is 20.7 Å². The second-order valence-electron chi connectivity index (χ2n) is 10.3. The number of esters is 1. The van der Waals surface area contributed by atoms with E-state index in [0.29, 0.717) is 25.0 Å². The van der Waals surface area contributed by atoms with Crippen molar-refractivity contribution in [1.82, 2.24) is 20.2 Å². The fraction of sp³-hybridized carbons (Fsp3) is 0.571. The molecule has 214 valence electrons. The molecule has 2 amide bonds. The Bertz CT molecular complexity index is 1100. The first-order valence-corrected chi connectivity index (χ1v) is 13.4. The van der Waals surface area contributed by atoms with Gasteiger partial charge >= 0.3 is 5.97 Å². The molecule has 0 aliphatic carbocycles. The molecule has 11 heteroatoms. The lowest BCUT2D eigenvalue weighted by molar-refractivity contribution is -0.159. The highest BCUT2D eigenvalue weighted by molar-refractivity contribution is 5.95. The van der Waals surface area contributed by atoms with E-state index in [-0.39, 0.29) is 49.3 Å². The van der Waals surface area contributed by atoms with Crippen LogP contribution in [0.3, 0.4) is 0 Å². The quantitative estimate of drug-likeness (QED) is 0.415. The highest BCUT2D eigenvalue weighted by atomic mass is 19.1. The number of allylic oxidation sites excluding steroid dienone is 2. The number of ether oxygens (including phenoxy) is 1. The average Bonchev–Trinajstić information content (AvgIpc) is 3.57. The van der Waals surface area contributed by atoms with Crippen LogP contribution in [0.1, 0.15) is 56.3 Å². The van der Waals surface area contributed by atoms with E-state index in [1.807, 2.05) is 0 Å². The Morgan fingerprint density at radius 2 is 2.05 bits per heavy atom. The Labute approximate surface area is 228 Å². The standard InChI is InChI=1S/C28H39FN4O6/c1-17-6-4-10-30-25(36)9-8-18(2)26(19(3)16-34)39-28(38)23-7-5-11-33(23)27(37)22-15-31-24(32-22)14-20(29)13-21(35)12-17/h4,6,8-9,12,15,18-21,23,26,34-35H,5,7,10-11,13-14,16H2,1-3H3,(H,30,36)(H,31,32)/b6-4+,9-8+,17-12+/t18-,19-,20-,21-,23-,26+/m1/s1. The van der Waals surface area contributed by atoms with Crippen LogP contribution in [0.4, 0.5) is 4.39 Å². The number of alkyl halides is 1. The SMILES string of the molecule is CC1=C\[C@@H](O)C[C@@H](F)Cc2ncc([nH]2)C(=O)N2CCC[C@@H]2C(=O)O[C@H]([C@H](C)CO)[C@H](C)/C=C/C(=O)NC\C=C\1. The van der Waals surface area contributed by atoms with Crippen LogP contribution < -0.4 is 5.32 Å². The molecule has 6 atom stereocenters. The zero-order valence-electron chi connectivity index (χ0n) is 22.7. The summed E-state index contributed by atoms with van der Waals surface area (Å²) in [7, 11) is 0. The molecule has 0 aromatic carbocycles. The molecule has 0 unspecified atom stereocenters. The molecular weight excluding hydrogens is 507 g/mol. The lowest BCUT2D eigenvalue weighted by Crippen LogP contribution is -2.44. The number of aliphatic hydroxyl groups excluding tert-OH is 2. The second-order valence-corrected chi connectivity index (χ2v) is 10.3. The minimum Gasteiger partial charge on any atom is -0.460 e. The van der Waals surface area contributed by atoms with Crippen molar-refractivity contribution in [1.29, 1.82) is 0 Å². The number of carbonyl (C=O) groups excluding carboxylic acids is 3. The molecule has 1 saturated heterocycles. The van der Waals surface area contributed by atoms with Gasteiger partial charge < -0.3 is 30.2 Å². The topological polar surface area (TPSA) is 145 Å². The molecule has 39 heavy (non-hydrogen) atoms. The van der Waals surface area contributed by atoms with Gasteiger partial charge in [0.1, 0.15) is 29.8 Å². The van der Waals surface area contributed by atoms with Crippen LogP contribution in [-0.4, -0.2) is 87.0 Å². The van der Waals surface area contributed by atoms with Crippen molar-refractivity contribution in [3.8, 4) is 0 Å². The Morgan fingerprint density at radius 1 is 1.28 bits per heavy atom. The Kier molecular flexibility index (Phi) is 11.0. The highest BCUT2D eigenvalue weighted by Crippen LogP contribution is 2.25. The Hall–Kier alpha value is -3.31. The van der Waals surface area contributed by atoms with Gasteiger partial charge in [-0.05, 0) is 25.8 Å². The lowest BCUT2D eigenvalue weighted by atomic mass is 9.93. The molecule has 2 aliphatic heterocycles. The van der Waals surface area contributed by atoms with E-state index in [2.05, 4.69) is 15.3 Å². The third kappa shape index (κ3) is 8.59. The largest absolute Gasteiger partial charge is 0.460 e. The first kappa shape index (κ1) is 30.2. The number of amides is 2. The van der Waals surface area contributed by atoms with E-state index in [1.54, 1.807) is 39.0 Å². The molecule has 2 bridgehead atoms. The average molecular weight is 547 g/mol. The van der Waals surface area contributed by atoms with Gasteiger partial charge in [-0.2, -0.15) is 0 Å². The van der Waals surface area contributed by atoms with E-state index in [0.717, 1.165) is 0 Å². The third-order valence-electron chi connectivity index (χ3n) is 6.96. The second kappa shape index (κ2) is 14.2. The number of aromatic amines is 1. The molecule has 1 aromatic rings. The number of H-pyrrole nitrogens is 1. The molecule has 4 N–H and O–H groups in total. The summed E-state index contributed by atoms with van der Waals surface area (Å²) < 4.78 is 20.5. The van der Waals surface area contributed by atoms with Gasteiger partial charge in [0, 0.05) is 44.4 Å². The molecule has 0 spiro atoms. The molecule has 10 nitrogen and oxygen atoms in total. The fourth-order valence-electron chi connectivity index (χ4n) is 4.84. The number of carbonyl (C=O) groups is 3. The first-order chi connectivity index (χ1) is 18.6. The van der Waals surface area contributed by atoms with Gasteiger partial charge in [-0.1, -0.05) is 43.7 Å². The van der Waals surface area contributed by atoms with E-state index in [4.69, 9.17) is 4.74 Å². The molecule has 2 aliphatic rings. The smallest absolute Gasteiger partial charge is 0.329 e. The summed E-state index contributed by atoms with van der Waals surface area (Å²) in [6.07, 6.45) is 6.88. The maximum Gasteiger partial charge on any atom is 0.329 e. The highest BCUT2D eigenvalue weighted by Gasteiger charge is 2.38. The maximum absolute atomic E-state index is 14.7. The van der Waals surface area contributed by atoms with Gasteiger partial charge in [-0.3, -0.25) is 9.59 Å². The van der Waals surface area contributed by atoms with Gasteiger partial charge in [0.05, 0.1) is 12.3 Å². The molecule has 0 saturated carbocycles. The number of halogens is 1. The van der Waals surface area contributed by atoms with Crippen molar-refractivity contribution >= 4 is 17.8 Å². The summed E-state index contributed by atoms with van der Waals surface area (Å²) in [5.74, 6) is -1.90. The number of fused-ring (bicyclic) bond motifs is 3.